The molecule has 0 saturated carbocycles. The maximum Gasteiger partial charge on any atom is 0.416 e. The number of hydrogen-bond acceptors (Lipinski definition) is 6. The number of alkyl halides is 3. The fourth-order valence-corrected chi connectivity index (χ4v) is 3.90. The first kappa shape index (κ1) is 29.3. The summed E-state index contributed by atoms with van der Waals surface area (Å²) in [6.07, 6.45) is -9.02. The van der Waals surface area contributed by atoms with Crippen LogP contribution >= 0.6 is 34.8 Å². The summed E-state index contributed by atoms with van der Waals surface area (Å²) in [6.45, 7) is -2.37. The molecule has 0 aliphatic carbocycles. The van der Waals surface area contributed by atoms with Gasteiger partial charge in [0.2, 0.25) is 5.91 Å². The molecule has 3 aromatic rings. The molecular weight excluding hydrogens is 578 g/mol. The normalized spacial score (nSPS) is 13.1. The third-order valence-corrected chi connectivity index (χ3v) is 6.22. The molecule has 0 aliphatic heterocycles. The minimum absolute atomic E-state index is 0.0557. The number of benzene rings is 2. The topological polar surface area (TPSA) is 141 Å². The zero-order valence-corrected chi connectivity index (χ0v) is 21.4. The number of hydrogen-bond donors (Lipinski definition) is 3. The van der Waals surface area contributed by atoms with E-state index in [0.29, 0.717) is 14.3 Å². The molecule has 0 aliphatic rings. The van der Waals surface area contributed by atoms with E-state index in [4.69, 9.17) is 45.3 Å². The van der Waals surface area contributed by atoms with Gasteiger partial charge in [0, 0.05) is 10.6 Å². The van der Waals surface area contributed by atoms with E-state index in [1.165, 1.54) is 42.5 Å². The summed E-state index contributed by atoms with van der Waals surface area (Å²) >= 11 is 18.1. The Labute approximate surface area is 227 Å². The highest BCUT2D eigenvalue weighted by Gasteiger charge is 2.39. The first-order valence-corrected chi connectivity index (χ1v) is 11.7. The van der Waals surface area contributed by atoms with Crippen LogP contribution in [0, 0.1) is 0 Å². The lowest BCUT2D eigenvalue weighted by Gasteiger charge is -2.20. The number of nitrogens with two attached hydrogens (primary N) is 1. The van der Waals surface area contributed by atoms with Gasteiger partial charge >= 0.3 is 18.0 Å². The van der Waals surface area contributed by atoms with Crippen molar-refractivity contribution in [2.75, 3.05) is 6.61 Å². The first-order valence-electron chi connectivity index (χ1n) is 10.6. The summed E-state index contributed by atoms with van der Waals surface area (Å²) in [5.74, 6) is -1.08. The van der Waals surface area contributed by atoms with Gasteiger partial charge in [0.05, 0.1) is 22.6 Å². The maximum absolute atomic E-state index is 13.0. The molecule has 204 valence electrons. The molecule has 2 unspecified atom stereocenters. The van der Waals surface area contributed by atoms with Crippen LogP contribution in [0.25, 0.3) is 11.4 Å². The highest BCUT2D eigenvalue weighted by molar-refractivity contribution is 6.42. The second-order valence-corrected chi connectivity index (χ2v) is 9.05. The van der Waals surface area contributed by atoms with E-state index in [2.05, 4.69) is 10.4 Å². The fraction of sp³-hybridized carbons (Fsp3) is 0.273. The molecule has 2 amide bonds. The number of aliphatic hydroxyl groups excluding tert-OH is 1. The van der Waals surface area contributed by atoms with Crippen molar-refractivity contribution in [2.24, 2.45) is 5.73 Å². The highest BCUT2D eigenvalue weighted by atomic mass is 35.5. The van der Waals surface area contributed by atoms with Gasteiger partial charge in [-0.15, -0.1) is 5.10 Å². The fourth-order valence-electron chi connectivity index (χ4n) is 3.34. The molecule has 0 radical (unpaired) electrons. The molecular formula is C22H19Cl3F3N5O5. The summed E-state index contributed by atoms with van der Waals surface area (Å²) in [5, 5.41) is 16.6. The van der Waals surface area contributed by atoms with Crippen molar-refractivity contribution in [3.63, 3.8) is 0 Å². The minimum atomic E-state index is -5.01. The molecule has 1 aromatic heterocycles. The van der Waals surface area contributed by atoms with Gasteiger partial charge in [-0.2, -0.15) is 13.2 Å². The van der Waals surface area contributed by atoms with Crippen LogP contribution in [0.1, 0.15) is 11.6 Å². The monoisotopic (exact) mass is 595 g/mol. The Morgan fingerprint density at radius 3 is 2.39 bits per heavy atom. The van der Waals surface area contributed by atoms with Crippen LogP contribution < -0.4 is 16.7 Å². The van der Waals surface area contributed by atoms with Crippen LogP contribution in [0.4, 0.5) is 18.0 Å². The number of carbonyl (C=O) groups is 2. The third-order valence-electron chi connectivity index (χ3n) is 5.14. The zero-order valence-electron chi connectivity index (χ0n) is 19.1. The van der Waals surface area contributed by atoms with E-state index in [9.17, 15) is 32.7 Å². The van der Waals surface area contributed by atoms with Crippen molar-refractivity contribution >= 4 is 46.8 Å². The SMILES string of the molecule is NC(=O)OCC(NC(=O)Cn1nc(-c2ccc(Cl)cc2)n(CC(O)C(F)(F)F)c1=O)c1cccc(Cl)c1Cl. The third kappa shape index (κ3) is 7.19. The Balaban J connectivity index is 1.93. The smallest absolute Gasteiger partial charge is 0.416 e. The largest absolute Gasteiger partial charge is 0.447 e. The quantitative estimate of drug-likeness (QED) is 0.345. The van der Waals surface area contributed by atoms with Gasteiger partial charge in [-0.1, -0.05) is 46.9 Å². The summed E-state index contributed by atoms with van der Waals surface area (Å²) in [6, 6.07) is 9.13. The molecule has 2 aromatic carbocycles. The van der Waals surface area contributed by atoms with Crippen molar-refractivity contribution in [1.29, 1.82) is 0 Å². The number of rotatable bonds is 9. The average molecular weight is 597 g/mol. The van der Waals surface area contributed by atoms with Gasteiger partial charge in [-0.3, -0.25) is 9.36 Å². The molecule has 4 N–H and O–H groups in total. The zero-order chi connectivity index (χ0) is 28.2. The second-order valence-electron chi connectivity index (χ2n) is 7.83. The molecule has 0 fully saturated rings. The summed E-state index contributed by atoms with van der Waals surface area (Å²) < 4.78 is 45.1. The van der Waals surface area contributed by atoms with Crippen molar-refractivity contribution in [1.82, 2.24) is 19.7 Å². The minimum Gasteiger partial charge on any atom is -0.447 e. The van der Waals surface area contributed by atoms with Crippen molar-refractivity contribution in [2.45, 2.75) is 31.4 Å². The number of aromatic nitrogens is 3. The molecule has 3 rings (SSSR count). The standard InChI is InChI=1S/C22H19Cl3F3N5O5/c23-12-6-4-11(5-7-12)19-31-33(21(37)32(19)8-16(34)22(26,27)28)9-17(35)30-15(10-38-20(29)36)13-2-1-3-14(24)18(13)25/h1-7,15-16,34H,8-10H2,(H2,29,36)(H,30,35). The van der Waals surface area contributed by atoms with Gasteiger partial charge in [0.25, 0.3) is 0 Å². The number of nitrogens with one attached hydrogen (secondary N) is 1. The first-order chi connectivity index (χ1) is 17.8. The van der Waals surface area contributed by atoms with E-state index in [-0.39, 0.29) is 27.0 Å². The molecule has 10 nitrogen and oxygen atoms in total. The molecule has 0 spiro atoms. The van der Waals surface area contributed by atoms with Crippen LogP contribution in [0.15, 0.2) is 47.3 Å². The number of amides is 2. The molecule has 38 heavy (non-hydrogen) atoms. The van der Waals surface area contributed by atoms with Crippen LogP contribution in [-0.2, 0) is 22.6 Å². The molecule has 0 bridgehead atoms. The predicted molar refractivity (Wildman–Crippen MR) is 132 cm³/mol. The van der Waals surface area contributed by atoms with E-state index in [1.807, 2.05) is 0 Å². The second kappa shape index (κ2) is 12.1. The van der Waals surface area contributed by atoms with Gasteiger partial charge in [0.1, 0.15) is 13.2 Å². The van der Waals surface area contributed by atoms with Crippen LogP contribution in [0.3, 0.4) is 0 Å². The Morgan fingerprint density at radius 2 is 1.79 bits per heavy atom. The van der Waals surface area contributed by atoms with Crippen LogP contribution in [0.2, 0.25) is 15.1 Å². The Morgan fingerprint density at radius 1 is 1.13 bits per heavy atom. The molecule has 0 saturated heterocycles. The van der Waals surface area contributed by atoms with E-state index in [1.54, 1.807) is 0 Å². The van der Waals surface area contributed by atoms with E-state index >= 15 is 0 Å². The average Bonchev–Trinajstić information content (AvgIpc) is 3.13. The molecule has 1 heterocycles. The number of aliphatic hydroxyl groups is 1. The Hall–Kier alpha value is -3.26. The van der Waals surface area contributed by atoms with Gasteiger partial charge < -0.3 is 20.9 Å². The summed E-state index contributed by atoms with van der Waals surface area (Å²) in [5.41, 5.74) is 4.39. The lowest BCUT2D eigenvalue weighted by molar-refractivity contribution is -0.207. The van der Waals surface area contributed by atoms with Gasteiger partial charge in [-0.05, 0) is 35.9 Å². The van der Waals surface area contributed by atoms with Crippen molar-refractivity contribution < 1.29 is 32.6 Å². The molecule has 2 atom stereocenters. The predicted octanol–water partition coefficient (Wildman–Crippen LogP) is 3.55. The number of primary amides is 1. The Kier molecular flexibility index (Phi) is 9.31. The van der Waals surface area contributed by atoms with Crippen molar-refractivity contribution in [3.05, 3.63) is 73.6 Å². The van der Waals surface area contributed by atoms with Gasteiger partial charge in [0.15, 0.2) is 11.9 Å². The highest BCUT2D eigenvalue weighted by Crippen LogP contribution is 2.30. The number of ether oxygens (including phenoxy) is 1. The van der Waals surface area contributed by atoms with Crippen LogP contribution in [-0.4, -0.2) is 50.3 Å². The maximum atomic E-state index is 13.0. The summed E-state index contributed by atoms with van der Waals surface area (Å²) in [7, 11) is 0. The lowest BCUT2D eigenvalue weighted by atomic mass is 10.1. The lowest BCUT2D eigenvalue weighted by Crippen LogP contribution is -2.39. The Bertz CT molecular complexity index is 1380. The summed E-state index contributed by atoms with van der Waals surface area (Å²) in [4.78, 5) is 36.9. The van der Waals surface area contributed by atoms with E-state index < -0.39 is 55.7 Å². The van der Waals surface area contributed by atoms with Crippen LogP contribution in [0.5, 0.6) is 0 Å². The van der Waals surface area contributed by atoms with Gasteiger partial charge in [-0.25, -0.2) is 14.3 Å². The number of nitrogens with zero attached hydrogens (tertiary/aromatic N) is 3. The number of carbonyl (C=O) groups excluding carboxylic acids is 2. The van der Waals surface area contributed by atoms with Crippen molar-refractivity contribution in [3.8, 4) is 11.4 Å². The number of halogens is 6. The molecule has 16 heteroatoms. The van der Waals surface area contributed by atoms with E-state index in [0.717, 1.165) is 0 Å².